The monoisotopic (exact) mass is 263 g/mol. The Morgan fingerprint density at radius 1 is 1.53 bits per heavy atom. The summed E-state index contributed by atoms with van der Waals surface area (Å²) < 4.78 is 0.545. The number of thiazole rings is 1. The third kappa shape index (κ3) is 2.96. The minimum atomic E-state index is 0.545. The first-order chi connectivity index (χ1) is 8.19. The lowest BCUT2D eigenvalue weighted by atomic mass is 10.1. The van der Waals surface area contributed by atoms with Gasteiger partial charge in [0.2, 0.25) is 0 Å². The summed E-state index contributed by atoms with van der Waals surface area (Å²) in [5, 5.41) is 12.2. The van der Waals surface area contributed by atoms with Crippen LogP contribution in [0.4, 0.5) is 5.69 Å². The third-order valence-electron chi connectivity index (χ3n) is 2.35. The molecule has 0 unspecified atom stereocenters. The second-order valence-electron chi connectivity index (χ2n) is 3.57. The van der Waals surface area contributed by atoms with Crippen LogP contribution in [0.3, 0.4) is 0 Å². The number of aromatic nitrogens is 1. The van der Waals surface area contributed by atoms with Crippen LogP contribution < -0.4 is 5.32 Å². The molecule has 0 atom stereocenters. The van der Waals surface area contributed by atoms with Crippen molar-refractivity contribution >= 4 is 28.6 Å². The second-order valence-corrected chi connectivity index (χ2v) is 5.27. The van der Waals surface area contributed by atoms with E-state index in [1.807, 2.05) is 25.1 Å². The number of hydrogen-bond donors (Lipinski definition) is 1. The van der Waals surface area contributed by atoms with Gasteiger partial charge in [0, 0.05) is 16.8 Å². The smallest absolute Gasteiger partial charge is 0.183 e. The van der Waals surface area contributed by atoms with E-state index in [2.05, 4.69) is 16.4 Å². The quantitative estimate of drug-likeness (QED) is 0.921. The van der Waals surface area contributed by atoms with Crippen LogP contribution in [0, 0.1) is 18.3 Å². The van der Waals surface area contributed by atoms with Gasteiger partial charge < -0.3 is 5.32 Å². The van der Waals surface area contributed by atoms with Crippen LogP contribution in [-0.2, 0) is 6.54 Å². The van der Waals surface area contributed by atoms with Gasteiger partial charge in [-0.25, -0.2) is 4.98 Å². The molecule has 1 aromatic heterocycles. The van der Waals surface area contributed by atoms with Crippen LogP contribution in [0.25, 0.3) is 0 Å². The molecule has 2 rings (SSSR count). The Kier molecular flexibility index (Phi) is 3.62. The Morgan fingerprint density at radius 3 is 3.00 bits per heavy atom. The van der Waals surface area contributed by atoms with Gasteiger partial charge in [-0.15, -0.1) is 11.3 Å². The molecule has 0 fully saturated rings. The molecule has 2 aromatic rings. The molecule has 0 amide bonds. The maximum Gasteiger partial charge on any atom is 0.183 e. The molecule has 0 aliphatic heterocycles. The largest absolute Gasteiger partial charge is 0.380 e. The Balaban J connectivity index is 2.07. The molecule has 0 saturated heterocycles. The summed E-state index contributed by atoms with van der Waals surface area (Å²) >= 11 is 7.19. The zero-order chi connectivity index (χ0) is 12.3. The number of nitrogens with zero attached hydrogens (tertiary/aromatic N) is 2. The summed E-state index contributed by atoms with van der Waals surface area (Å²) in [5.41, 5.74) is 2.60. The highest BCUT2D eigenvalue weighted by molar-refractivity contribution is 7.15. The van der Waals surface area contributed by atoms with E-state index >= 15 is 0 Å². The molecule has 0 aliphatic rings. The highest BCUT2D eigenvalue weighted by Crippen LogP contribution is 2.20. The molecule has 0 spiro atoms. The van der Waals surface area contributed by atoms with Crippen molar-refractivity contribution in [3.63, 3.8) is 0 Å². The molecule has 17 heavy (non-hydrogen) atoms. The average Bonchev–Trinajstić information content (AvgIpc) is 2.74. The number of nitriles is 1. The predicted molar refractivity (Wildman–Crippen MR) is 70.3 cm³/mol. The first-order valence-corrected chi connectivity index (χ1v) is 6.23. The maximum absolute atomic E-state index is 8.93. The molecule has 0 aliphatic carbocycles. The summed E-state index contributed by atoms with van der Waals surface area (Å²) in [6, 6.07) is 7.90. The fourth-order valence-electron chi connectivity index (χ4n) is 1.41. The molecule has 5 heteroatoms. The van der Waals surface area contributed by atoms with E-state index in [1.54, 1.807) is 6.20 Å². The van der Waals surface area contributed by atoms with Crippen LogP contribution >= 0.6 is 22.9 Å². The van der Waals surface area contributed by atoms with Gasteiger partial charge >= 0.3 is 0 Å². The average molecular weight is 264 g/mol. The lowest BCUT2D eigenvalue weighted by Gasteiger charge is -2.06. The molecule has 86 valence electrons. The molecule has 1 N–H and O–H groups in total. The number of halogens is 1. The van der Waals surface area contributed by atoms with Gasteiger partial charge in [-0.1, -0.05) is 17.7 Å². The van der Waals surface area contributed by atoms with Gasteiger partial charge in [0.15, 0.2) is 4.47 Å². The van der Waals surface area contributed by atoms with Gasteiger partial charge in [0.05, 0.1) is 18.2 Å². The van der Waals surface area contributed by atoms with E-state index in [9.17, 15) is 0 Å². The lowest BCUT2D eigenvalue weighted by molar-refractivity contribution is 1.17. The minimum Gasteiger partial charge on any atom is -0.380 e. The van der Waals surface area contributed by atoms with Crippen molar-refractivity contribution in [3.8, 4) is 6.07 Å². The summed E-state index contributed by atoms with van der Waals surface area (Å²) in [4.78, 5) is 5.03. The molecular weight excluding hydrogens is 254 g/mol. The van der Waals surface area contributed by atoms with Gasteiger partial charge in [-0.3, -0.25) is 0 Å². The fraction of sp³-hybridized carbons (Fsp3) is 0.167. The molecule has 3 nitrogen and oxygen atoms in total. The Labute approximate surface area is 109 Å². The predicted octanol–water partition coefficient (Wildman–Crippen LogP) is 3.59. The van der Waals surface area contributed by atoms with Gasteiger partial charge in [0.1, 0.15) is 0 Å². The minimum absolute atomic E-state index is 0.545. The van der Waals surface area contributed by atoms with Crippen molar-refractivity contribution in [2.45, 2.75) is 13.5 Å². The Bertz CT molecular complexity index is 571. The zero-order valence-corrected chi connectivity index (χ0v) is 10.8. The van der Waals surface area contributed by atoms with E-state index in [0.717, 1.165) is 16.1 Å². The fourth-order valence-corrected chi connectivity index (χ4v) is 2.32. The van der Waals surface area contributed by atoms with Crippen LogP contribution in [-0.4, -0.2) is 4.98 Å². The molecular formula is C12H10ClN3S. The zero-order valence-electron chi connectivity index (χ0n) is 9.20. The molecule has 0 radical (unpaired) electrons. The standard InChI is InChI=1S/C12H10ClN3S/c1-8-2-3-10(4-9(8)5-14)15-6-11-7-16-12(13)17-11/h2-4,7,15H,6H2,1H3. The lowest BCUT2D eigenvalue weighted by Crippen LogP contribution is -1.98. The molecule has 0 saturated carbocycles. The Hall–Kier alpha value is -1.57. The van der Waals surface area contributed by atoms with Crippen molar-refractivity contribution in [1.29, 1.82) is 5.26 Å². The van der Waals surface area contributed by atoms with E-state index in [-0.39, 0.29) is 0 Å². The summed E-state index contributed by atoms with van der Waals surface area (Å²) in [6.45, 7) is 2.59. The van der Waals surface area contributed by atoms with Crippen LogP contribution in [0.5, 0.6) is 0 Å². The van der Waals surface area contributed by atoms with Gasteiger partial charge in [-0.05, 0) is 24.6 Å². The first-order valence-electron chi connectivity index (χ1n) is 5.04. The highest BCUT2D eigenvalue weighted by Gasteiger charge is 2.01. The van der Waals surface area contributed by atoms with Crippen LogP contribution in [0.15, 0.2) is 24.4 Å². The summed E-state index contributed by atoms with van der Waals surface area (Å²) in [5.74, 6) is 0. The maximum atomic E-state index is 8.93. The van der Waals surface area contributed by atoms with Crippen molar-refractivity contribution < 1.29 is 0 Å². The number of benzene rings is 1. The number of anilines is 1. The first kappa shape index (κ1) is 11.9. The molecule has 1 aromatic carbocycles. The Morgan fingerprint density at radius 2 is 2.35 bits per heavy atom. The number of aryl methyl sites for hydroxylation is 1. The van der Waals surface area contributed by atoms with E-state index < -0.39 is 0 Å². The second kappa shape index (κ2) is 5.17. The van der Waals surface area contributed by atoms with Crippen molar-refractivity contribution in [1.82, 2.24) is 4.98 Å². The molecule has 1 heterocycles. The molecule has 0 bridgehead atoms. The van der Waals surface area contributed by atoms with Gasteiger partial charge in [-0.2, -0.15) is 5.26 Å². The van der Waals surface area contributed by atoms with Crippen LogP contribution in [0.1, 0.15) is 16.0 Å². The number of hydrogen-bond acceptors (Lipinski definition) is 4. The van der Waals surface area contributed by atoms with E-state index in [4.69, 9.17) is 16.9 Å². The van der Waals surface area contributed by atoms with E-state index in [0.29, 0.717) is 16.6 Å². The van der Waals surface area contributed by atoms with E-state index in [1.165, 1.54) is 11.3 Å². The highest BCUT2D eigenvalue weighted by atomic mass is 35.5. The third-order valence-corrected chi connectivity index (χ3v) is 3.46. The number of rotatable bonds is 3. The summed E-state index contributed by atoms with van der Waals surface area (Å²) in [6.07, 6.45) is 1.75. The van der Waals surface area contributed by atoms with Crippen molar-refractivity contribution in [2.75, 3.05) is 5.32 Å². The topological polar surface area (TPSA) is 48.7 Å². The van der Waals surface area contributed by atoms with Gasteiger partial charge in [0.25, 0.3) is 0 Å². The normalized spacial score (nSPS) is 9.94. The number of nitrogens with one attached hydrogen (secondary N) is 1. The van der Waals surface area contributed by atoms with Crippen molar-refractivity contribution in [2.24, 2.45) is 0 Å². The van der Waals surface area contributed by atoms with Crippen LogP contribution in [0.2, 0.25) is 4.47 Å². The SMILES string of the molecule is Cc1ccc(NCc2cnc(Cl)s2)cc1C#N. The van der Waals surface area contributed by atoms with Crippen molar-refractivity contribution in [3.05, 3.63) is 44.9 Å². The summed E-state index contributed by atoms with van der Waals surface area (Å²) in [7, 11) is 0.